The maximum Gasteiger partial charge on any atom is 0.238 e. The summed E-state index contributed by atoms with van der Waals surface area (Å²) in [5.74, 6) is -0.0715. The van der Waals surface area contributed by atoms with Gasteiger partial charge in [-0.1, -0.05) is 6.07 Å². The van der Waals surface area contributed by atoms with Crippen molar-refractivity contribution in [3.63, 3.8) is 0 Å². The van der Waals surface area contributed by atoms with Gasteiger partial charge in [-0.25, -0.2) is 0 Å². The van der Waals surface area contributed by atoms with Gasteiger partial charge in [0.25, 0.3) is 0 Å². The van der Waals surface area contributed by atoms with Gasteiger partial charge < -0.3 is 16.2 Å². The number of nitrogens with zero attached hydrogens (tertiary/aromatic N) is 1. The number of nitrogens with one attached hydrogen (secondary N) is 1. The number of anilines is 2. The molecule has 1 unspecified atom stereocenters. The summed E-state index contributed by atoms with van der Waals surface area (Å²) in [4.78, 5) is 13.8. The fourth-order valence-corrected chi connectivity index (χ4v) is 2.12. The van der Waals surface area contributed by atoms with E-state index in [9.17, 15) is 9.90 Å². The minimum Gasteiger partial charge on any atom is -0.399 e. The van der Waals surface area contributed by atoms with E-state index in [1.165, 1.54) is 0 Å². The van der Waals surface area contributed by atoms with E-state index in [0.717, 1.165) is 24.2 Å². The summed E-state index contributed by atoms with van der Waals surface area (Å²) in [6, 6.07) is 5.44. The molecule has 1 amide bonds. The second kappa shape index (κ2) is 5.37. The van der Waals surface area contributed by atoms with Crippen LogP contribution in [0.25, 0.3) is 0 Å². The van der Waals surface area contributed by atoms with Gasteiger partial charge >= 0.3 is 0 Å². The number of nitrogen functional groups attached to an aromatic ring is 1. The smallest absolute Gasteiger partial charge is 0.238 e. The van der Waals surface area contributed by atoms with E-state index < -0.39 is 0 Å². The molecule has 0 bridgehead atoms. The summed E-state index contributed by atoms with van der Waals surface area (Å²) in [7, 11) is 0. The van der Waals surface area contributed by atoms with Crippen molar-refractivity contribution < 1.29 is 9.90 Å². The van der Waals surface area contributed by atoms with Crippen LogP contribution in [-0.2, 0) is 4.79 Å². The molecule has 4 N–H and O–H groups in total. The van der Waals surface area contributed by atoms with Gasteiger partial charge in [0.1, 0.15) is 0 Å². The predicted molar refractivity (Wildman–Crippen MR) is 71.3 cm³/mol. The molecule has 1 fully saturated rings. The highest BCUT2D eigenvalue weighted by Gasteiger charge is 2.22. The van der Waals surface area contributed by atoms with Crippen LogP contribution in [0.5, 0.6) is 0 Å². The molecule has 1 aliphatic heterocycles. The third kappa shape index (κ3) is 3.21. The normalized spacial score (nSPS) is 20.0. The van der Waals surface area contributed by atoms with Gasteiger partial charge in [0.05, 0.1) is 12.6 Å². The van der Waals surface area contributed by atoms with Crippen LogP contribution in [-0.4, -0.2) is 41.7 Å². The van der Waals surface area contributed by atoms with Crippen LogP contribution in [0.1, 0.15) is 12.0 Å². The number of hydrogen-bond acceptors (Lipinski definition) is 4. The molecule has 1 heterocycles. The number of carbonyl (C=O) groups excluding carboxylic acids is 1. The largest absolute Gasteiger partial charge is 0.399 e. The zero-order valence-electron chi connectivity index (χ0n) is 10.5. The Bertz CT molecular complexity index is 448. The Hall–Kier alpha value is -1.59. The molecule has 18 heavy (non-hydrogen) atoms. The van der Waals surface area contributed by atoms with Crippen molar-refractivity contribution in [2.24, 2.45) is 0 Å². The molecule has 5 heteroatoms. The van der Waals surface area contributed by atoms with Crippen LogP contribution in [0, 0.1) is 6.92 Å². The Morgan fingerprint density at radius 1 is 1.61 bits per heavy atom. The van der Waals surface area contributed by atoms with Crippen LogP contribution in [0.3, 0.4) is 0 Å². The molecule has 1 aromatic carbocycles. The minimum atomic E-state index is -0.299. The fourth-order valence-electron chi connectivity index (χ4n) is 2.12. The number of carbonyl (C=O) groups is 1. The lowest BCUT2D eigenvalue weighted by Crippen LogP contribution is -2.32. The van der Waals surface area contributed by atoms with Crippen molar-refractivity contribution in [1.82, 2.24) is 4.90 Å². The van der Waals surface area contributed by atoms with Crippen LogP contribution in [0.4, 0.5) is 11.4 Å². The molecule has 1 saturated heterocycles. The number of β-amino-alcohol motifs (C(OH)–C–C–N with tert-alkyl or cyclic N) is 1. The maximum absolute atomic E-state index is 11.9. The van der Waals surface area contributed by atoms with E-state index >= 15 is 0 Å². The van der Waals surface area contributed by atoms with Gasteiger partial charge in [0.2, 0.25) is 5.91 Å². The lowest BCUT2D eigenvalue weighted by Gasteiger charge is -2.15. The molecule has 5 nitrogen and oxygen atoms in total. The molecule has 0 saturated carbocycles. The summed E-state index contributed by atoms with van der Waals surface area (Å²) in [6.45, 7) is 3.58. The monoisotopic (exact) mass is 249 g/mol. The SMILES string of the molecule is Cc1ccc(N)cc1NC(=O)CN1CCC(O)C1. The first-order valence-electron chi connectivity index (χ1n) is 6.11. The quantitative estimate of drug-likeness (QED) is 0.685. The van der Waals surface area contributed by atoms with Crippen molar-refractivity contribution in [2.75, 3.05) is 30.7 Å². The maximum atomic E-state index is 11.9. The summed E-state index contributed by atoms with van der Waals surface area (Å²) >= 11 is 0. The van der Waals surface area contributed by atoms with Gasteiger partial charge in [-0.2, -0.15) is 0 Å². The third-order valence-corrected chi connectivity index (χ3v) is 3.15. The van der Waals surface area contributed by atoms with E-state index in [0.29, 0.717) is 18.8 Å². The lowest BCUT2D eigenvalue weighted by molar-refractivity contribution is -0.117. The van der Waals surface area contributed by atoms with Gasteiger partial charge in [0.15, 0.2) is 0 Å². The third-order valence-electron chi connectivity index (χ3n) is 3.15. The van der Waals surface area contributed by atoms with Gasteiger partial charge in [-0.3, -0.25) is 9.69 Å². The number of likely N-dealkylation sites (tertiary alicyclic amines) is 1. The Kier molecular flexibility index (Phi) is 3.84. The van der Waals surface area contributed by atoms with Crippen LogP contribution in [0.2, 0.25) is 0 Å². The molecule has 0 radical (unpaired) electrons. The second-order valence-electron chi connectivity index (χ2n) is 4.80. The van der Waals surface area contributed by atoms with E-state index in [2.05, 4.69) is 5.32 Å². The van der Waals surface area contributed by atoms with Crippen molar-refractivity contribution in [3.8, 4) is 0 Å². The van der Waals surface area contributed by atoms with Gasteiger partial charge in [0, 0.05) is 24.5 Å². The number of amides is 1. The van der Waals surface area contributed by atoms with Crippen molar-refractivity contribution in [1.29, 1.82) is 0 Å². The fraction of sp³-hybridized carbons (Fsp3) is 0.462. The predicted octanol–water partition coefficient (Wildman–Crippen LogP) is 0.582. The van der Waals surface area contributed by atoms with Gasteiger partial charge in [-0.15, -0.1) is 0 Å². The Morgan fingerprint density at radius 2 is 2.39 bits per heavy atom. The number of rotatable bonds is 3. The van der Waals surface area contributed by atoms with E-state index in [-0.39, 0.29) is 12.0 Å². The second-order valence-corrected chi connectivity index (χ2v) is 4.80. The zero-order chi connectivity index (χ0) is 13.1. The minimum absolute atomic E-state index is 0.0715. The van der Waals surface area contributed by atoms with E-state index in [4.69, 9.17) is 5.73 Å². The zero-order valence-corrected chi connectivity index (χ0v) is 10.5. The summed E-state index contributed by atoms with van der Waals surface area (Å²) in [5, 5.41) is 12.2. The molecule has 0 aromatic heterocycles. The Morgan fingerprint density at radius 3 is 3.06 bits per heavy atom. The van der Waals surface area contributed by atoms with Gasteiger partial charge in [-0.05, 0) is 31.0 Å². The van der Waals surface area contributed by atoms with Crippen molar-refractivity contribution in [2.45, 2.75) is 19.4 Å². The molecular weight excluding hydrogens is 230 g/mol. The molecule has 98 valence electrons. The average Bonchev–Trinajstić information content (AvgIpc) is 2.69. The number of aliphatic hydroxyl groups excluding tert-OH is 1. The molecule has 2 rings (SSSR count). The highest BCUT2D eigenvalue weighted by atomic mass is 16.3. The average molecular weight is 249 g/mol. The van der Waals surface area contributed by atoms with Crippen LogP contribution in [0.15, 0.2) is 18.2 Å². The Balaban J connectivity index is 1.92. The first-order chi connectivity index (χ1) is 8.54. The highest BCUT2D eigenvalue weighted by molar-refractivity contribution is 5.93. The number of aliphatic hydroxyl groups is 1. The first kappa shape index (κ1) is 12.9. The Labute approximate surface area is 107 Å². The number of benzene rings is 1. The summed E-state index contributed by atoms with van der Waals surface area (Å²) in [6.07, 6.45) is 0.442. The van der Waals surface area contributed by atoms with Crippen molar-refractivity contribution in [3.05, 3.63) is 23.8 Å². The number of hydrogen-bond donors (Lipinski definition) is 3. The molecule has 1 atom stereocenters. The van der Waals surface area contributed by atoms with Crippen molar-refractivity contribution >= 4 is 17.3 Å². The first-order valence-corrected chi connectivity index (χ1v) is 6.11. The highest BCUT2D eigenvalue weighted by Crippen LogP contribution is 2.18. The molecule has 0 aliphatic carbocycles. The standard InChI is InChI=1S/C13H19N3O2/c1-9-2-3-10(14)6-12(9)15-13(18)8-16-5-4-11(17)7-16/h2-3,6,11,17H,4-5,7-8,14H2,1H3,(H,15,18). The summed E-state index contributed by atoms with van der Waals surface area (Å²) in [5.41, 5.74) is 8.06. The van der Waals surface area contributed by atoms with Crippen LogP contribution >= 0.6 is 0 Å². The number of aryl methyl sites for hydroxylation is 1. The molecular formula is C13H19N3O2. The summed E-state index contributed by atoms with van der Waals surface area (Å²) < 4.78 is 0. The van der Waals surface area contributed by atoms with Crippen LogP contribution < -0.4 is 11.1 Å². The molecule has 1 aliphatic rings. The lowest BCUT2D eigenvalue weighted by atomic mass is 10.2. The molecule has 1 aromatic rings. The van der Waals surface area contributed by atoms with E-state index in [1.807, 2.05) is 24.0 Å². The topological polar surface area (TPSA) is 78.6 Å². The number of nitrogens with two attached hydrogens (primary N) is 1. The molecule has 0 spiro atoms. The van der Waals surface area contributed by atoms with E-state index in [1.54, 1.807) is 6.07 Å².